The van der Waals surface area contributed by atoms with Crippen LogP contribution in [0, 0.1) is 12.8 Å². The van der Waals surface area contributed by atoms with Crippen molar-refractivity contribution in [2.24, 2.45) is 5.92 Å². The Kier molecular flexibility index (Phi) is 7.12. The van der Waals surface area contributed by atoms with E-state index in [2.05, 4.69) is 34.4 Å². The Morgan fingerprint density at radius 2 is 1.73 bits per heavy atom. The number of nitrogens with one attached hydrogen (secondary N) is 2. The fourth-order valence-electron chi connectivity index (χ4n) is 3.42. The maximum atomic E-state index is 13.0. The first-order valence-corrected chi connectivity index (χ1v) is 10.4. The van der Waals surface area contributed by atoms with Crippen LogP contribution in [-0.2, 0) is 0 Å². The summed E-state index contributed by atoms with van der Waals surface area (Å²) in [7, 11) is 0. The van der Waals surface area contributed by atoms with E-state index in [0.717, 1.165) is 35.6 Å². The minimum Gasteiger partial charge on any atom is -0.350 e. The highest BCUT2D eigenvalue weighted by Crippen LogP contribution is 2.23. The Labute approximate surface area is 177 Å². The summed E-state index contributed by atoms with van der Waals surface area (Å²) < 4.78 is 0. The smallest absolute Gasteiger partial charge is 0.273 e. The van der Waals surface area contributed by atoms with Gasteiger partial charge in [0.2, 0.25) is 0 Å². The predicted octanol–water partition coefficient (Wildman–Crippen LogP) is 4.75. The number of hydrogen-bond acceptors (Lipinski definition) is 4. The van der Waals surface area contributed by atoms with Crippen molar-refractivity contribution in [3.63, 3.8) is 0 Å². The van der Waals surface area contributed by atoms with Gasteiger partial charge in [0, 0.05) is 24.5 Å². The summed E-state index contributed by atoms with van der Waals surface area (Å²) in [5.41, 5.74) is 1.74. The van der Waals surface area contributed by atoms with E-state index in [-0.39, 0.29) is 23.3 Å². The number of hydrogen-bond donors (Lipinski definition) is 2. The van der Waals surface area contributed by atoms with Crippen LogP contribution in [-0.4, -0.2) is 28.3 Å². The summed E-state index contributed by atoms with van der Waals surface area (Å²) in [4.78, 5) is 34.0. The highest BCUT2D eigenvalue weighted by molar-refractivity contribution is 6.14. The summed E-state index contributed by atoms with van der Waals surface area (Å²) in [5, 5.41) is 7.55. The van der Waals surface area contributed by atoms with Crippen LogP contribution >= 0.6 is 0 Å². The third kappa shape index (κ3) is 5.00. The van der Waals surface area contributed by atoms with Gasteiger partial charge >= 0.3 is 0 Å². The van der Waals surface area contributed by atoms with E-state index in [9.17, 15) is 9.59 Å². The number of rotatable bonds is 8. The molecule has 3 rings (SSSR count). The monoisotopic (exact) mass is 404 g/mol. The molecule has 6 nitrogen and oxygen atoms in total. The zero-order valence-electron chi connectivity index (χ0n) is 17.7. The van der Waals surface area contributed by atoms with Crippen LogP contribution in [0.5, 0.6) is 0 Å². The molecule has 3 aromatic rings. The molecular formula is C24H28N4O2. The van der Waals surface area contributed by atoms with Crippen molar-refractivity contribution >= 4 is 28.4 Å². The molecule has 0 aliphatic carbocycles. The van der Waals surface area contributed by atoms with Gasteiger partial charge in [-0.1, -0.05) is 57.0 Å². The van der Waals surface area contributed by atoms with E-state index in [1.165, 1.54) is 12.4 Å². The van der Waals surface area contributed by atoms with E-state index in [0.29, 0.717) is 18.0 Å². The number of fused-ring (bicyclic) bond motifs is 1. The molecule has 30 heavy (non-hydrogen) atoms. The Morgan fingerprint density at radius 3 is 2.50 bits per heavy atom. The topological polar surface area (TPSA) is 84.0 Å². The van der Waals surface area contributed by atoms with Crippen molar-refractivity contribution in [1.82, 2.24) is 15.3 Å². The lowest BCUT2D eigenvalue weighted by molar-refractivity contribution is 0.0943. The van der Waals surface area contributed by atoms with Crippen LogP contribution in [0.2, 0.25) is 0 Å². The SMILES string of the molecule is CCCCC(C)CNC(=O)c1nccnc1NC(=O)c1ccc(C)c2ccccc12. The van der Waals surface area contributed by atoms with E-state index in [1.807, 2.05) is 37.3 Å². The second kappa shape index (κ2) is 9.96. The minimum atomic E-state index is -0.337. The molecule has 0 spiro atoms. The maximum Gasteiger partial charge on any atom is 0.273 e. The first kappa shape index (κ1) is 21.4. The molecule has 2 amide bonds. The summed E-state index contributed by atoms with van der Waals surface area (Å²) in [6.07, 6.45) is 6.23. The number of benzene rings is 2. The molecule has 2 N–H and O–H groups in total. The fraction of sp³-hybridized carbons (Fsp3) is 0.333. The third-order valence-corrected chi connectivity index (χ3v) is 5.19. The number of carbonyl (C=O) groups excluding carboxylic acids is 2. The summed E-state index contributed by atoms with van der Waals surface area (Å²) in [5.74, 6) is -0.124. The normalized spacial score (nSPS) is 11.8. The minimum absolute atomic E-state index is 0.116. The fourth-order valence-corrected chi connectivity index (χ4v) is 3.42. The van der Waals surface area contributed by atoms with Gasteiger partial charge in [0.15, 0.2) is 11.5 Å². The van der Waals surface area contributed by atoms with Gasteiger partial charge < -0.3 is 10.6 Å². The number of carbonyl (C=O) groups is 2. The molecule has 0 aliphatic heterocycles. The van der Waals surface area contributed by atoms with Crippen molar-refractivity contribution in [2.75, 3.05) is 11.9 Å². The Balaban J connectivity index is 1.78. The van der Waals surface area contributed by atoms with Crippen molar-refractivity contribution in [3.05, 3.63) is 65.6 Å². The van der Waals surface area contributed by atoms with Gasteiger partial charge in [-0.25, -0.2) is 9.97 Å². The molecule has 0 radical (unpaired) electrons. The molecule has 0 aliphatic rings. The Morgan fingerprint density at radius 1 is 1.00 bits per heavy atom. The average Bonchev–Trinajstić information content (AvgIpc) is 2.76. The van der Waals surface area contributed by atoms with Crippen molar-refractivity contribution in [2.45, 2.75) is 40.0 Å². The van der Waals surface area contributed by atoms with Crippen molar-refractivity contribution in [3.8, 4) is 0 Å². The molecule has 0 saturated carbocycles. The summed E-state index contributed by atoms with van der Waals surface area (Å²) in [6, 6.07) is 11.5. The van der Waals surface area contributed by atoms with Crippen LogP contribution in [0.25, 0.3) is 10.8 Å². The molecule has 2 aromatic carbocycles. The van der Waals surface area contributed by atoms with Crippen LogP contribution in [0.15, 0.2) is 48.8 Å². The van der Waals surface area contributed by atoms with Crippen LogP contribution in [0.1, 0.15) is 59.5 Å². The van der Waals surface area contributed by atoms with Crippen molar-refractivity contribution < 1.29 is 9.59 Å². The second-order valence-electron chi connectivity index (χ2n) is 7.64. The molecule has 0 saturated heterocycles. The number of nitrogens with zero attached hydrogens (tertiary/aromatic N) is 2. The zero-order valence-corrected chi connectivity index (χ0v) is 17.7. The summed E-state index contributed by atoms with van der Waals surface area (Å²) >= 11 is 0. The third-order valence-electron chi connectivity index (χ3n) is 5.19. The Bertz CT molecular complexity index is 1050. The van der Waals surface area contributed by atoms with E-state index < -0.39 is 0 Å². The standard InChI is InChI=1S/C24H28N4O2/c1-4-5-8-16(2)15-27-24(30)21-22(26-14-13-25-21)28-23(29)20-12-11-17(3)18-9-6-7-10-19(18)20/h6-7,9-14,16H,4-5,8,15H2,1-3H3,(H,27,30)(H,26,28,29). The quantitative estimate of drug-likeness (QED) is 0.568. The van der Waals surface area contributed by atoms with Gasteiger partial charge in [-0.05, 0) is 41.7 Å². The number of anilines is 1. The van der Waals surface area contributed by atoms with E-state index >= 15 is 0 Å². The van der Waals surface area contributed by atoms with Gasteiger partial charge in [-0.15, -0.1) is 0 Å². The van der Waals surface area contributed by atoms with Gasteiger partial charge in [-0.2, -0.15) is 0 Å². The first-order valence-electron chi connectivity index (χ1n) is 10.4. The molecule has 156 valence electrons. The first-order chi connectivity index (χ1) is 14.5. The zero-order chi connectivity index (χ0) is 21.5. The second-order valence-corrected chi connectivity index (χ2v) is 7.64. The average molecular weight is 405 g/mol. The van der Waals surface area contributed by atoms with Crippen LogP contribution in [0.4, 0.5) is 5.82 Å². The lowest BCUT2D eigenvalue weighted by atomic mass is 10.00. The summed E-state index contributed by atoms with van der Waals surface area (Å²) in [6.45, 7) is 6.83. The van der Waals surface area contributed by atoms with Gasteiger partial charge in [0.25, 0.3) is 11.8 Å². The van der Waals surface area contributed by atoms with Crippen molar-refractivity contribution in [1.29, 1.82) is 0 Å². The molecule has 1 unspecified atom stereocenters. The largest absolute Gasteiger partial charge is 0.350 e. The molecule has 0 bridgehead atoms. The van der Waals surface area contributed by atoms with Gasteiger partial charge in [0.05, 0.1) is 0 Å². The lowest BCUT2D eigenvalue weighted by Crippen LogP contribution is -2.30. The van der Waals surface area contributed by atoms with Crippen LogP contribution in [0.3, 0.4) is 0 Å². The number of aryl methyl sites for hydroxylation is 1. The maximum absolute atomic E-state index is 13.0. The van der Waals surface area contributed by atoms with E-state index in [1.54, 1.807) is 6.07 Å². The molecule has 1 aromatic heterocycles. The van der Waals surface area contributed by atoms with Gasteiger partial charge in [-0.3, -0.25) is 9.59 Å². The molecule has 6 heteroatoms. The predicted molar refractivity (Wildman–Crippen MR) is 120 cm³/mol. The van der Waals surface area contributed by atoms with E-state index in [4.69, 9.17) is 0 Å². The molecule has 1 heterocycles. The Hall–Kier alpha value is -3.28. The number of aromatic nitrogens is 2. The lowest BCUT2D eigenvalue weighted by Gasteiger charge is -2.14. The molecular weight excluding hydrogens is 376 g/mol. The number of unbranched alkanes of at least 4 members (excludes halogenated alkanes) is 1. The number of amides is 2. The van der Waals surface area contributed by atoms with Crippen LogP contribution < -0.4 is 10.6 Å². The highest BCUT2D eigenvalue weighted by atomic mass is 16.2. The highest BCUT2D eigenvalue weighted by Gasteiger charge is 2.19. The van der Waals surface area contributed by atoms with Gasteiger partial charge in [0.1, 0.15) is 0 Å². The molecule has 1 atom stereocenters. The molecule has 0 fully saturated rings.